The summed E-state index contributed by atoms with van der Waals surface area (Å²) in [6.07, 6.45) is 0. The Morgan fingerprint density at radius 1 is 1.05 bits per heavy atom. The van der Waals surface area contributed by atoms with Crippen molar-refractivity contribution in [3.8, 4) is 17.0 Å². The van der Waals surface area contributed by atoms with Gasteiger partial charge in [-0.2, -0.15) is 0 Å². The lowest BCUT2D eigenvalue weighted by Gasteiger charge is -2.08. The zero-order chi connectivity index (χ0) is 14.8. The molecule has 0 unspecified atom stereocenters. The maximum Gasteiger partial charge on any atom is 0.131 e. The van der Waals surface area contributed by atoms with Gasteiger partial charge < -0.3 is 10.5 Å². The van der Waals surface area contributed by atoms with Crippen molar-refractivity contribution in [1.82, 2.24) is 4.98 Å². The first-order chi connectivity index (χ1) is 10.2. The number of nitrogen functional groups attached to an aromatic ring is 1. The van der Waals surface area contributed by atoms with E-state index >= 15 is 0 Å². The van der Waals surface area contributed by atoms with Gasteiger partial charge in [0.2, 0.25) is 0 Å². The highest BCUT2D eigenvalue weighted by molar-refractivity contribution is 5.94. The lowest BCUT2D eigenvalue weighted by atomic mass is 10.0. The van der Waals surface area contributed by atoms with Gasteiger partial charge in [0.15, 0.2) is 0 Å². The molecule has 3 nitrogen and oxygen atoms in total. The van der Waals surface area contributed by atoms with Crippen molar-refractivity contribution in [2.45, 2.75) is 13.8 Å². The second-order valence-corrected chi connectivity index (χ2v) is 5.07. The standard InChI is InChI=1S/C18H18N2O/c1-3-21-15-8-6-13(7-9-15)17-11-14-5-4-12(2)10-16(14)18(19)20-17/h4-11H,3H2,1-2H3,(H2,19,20). The summed E-state index contributed by atoms with van der Waals surface area (Å²) in [5.41, 5.74) is 9.21. The summed E-state index contributed by atoms with van der Waals surface area (Å²) in [6.45, 7) is 4.70. The van der Waals surface area contributed by atoms with E-state index < -0.39 is 0 Å². The molecule has 1 heterocycles. The van der Waals surface area contributed by atoms with Crippen LogP contribution in [0.4, 0.5) is 5.82 Å². The Labute approximate surface area is 124 Å². The molecule has 106 valence electrons. The third-order valence-electron chi connectivity index (χ3n) is 3.48. The fourth-order valence-electron chi connectivity index (χ4n) is 2.42. The van der Waals surface area contributed by atoms with Gasteiger partial charge in [-0.25, -0.2) is 4.98 Å². The van der Waals surface area contributed by atoms with E-state index in [4.69, 9.17) is 10.5 Å². The number of aromatic nitrogens is 1. The van der Waals surface area contributed by atoms with E-state index in [9.17, 15) is 0 Å². The molecule has 0 saturated carbocycles. The normalized spacial score (nSPS) is 10.8. The lowest BCUT2D eigenvalue weighted by molar-refractivity contribution is 0.340. The smallest absolute Gasteiger partial charge is 0.131 e. The molecule has 21 heavy (non-hydrogen) atoms. The minimum absolute atomic E-state index is 0.570. The van der Waals surface area contributed by atoms with Crippen molar-refractivity contribution >= 4 is 16.6 Å². The van der Waals surface area contributed by atoms with Gasteiger partial charge in [0.25, 0.3) is 0 Å². The zero-order valence-electron chi connectivity index (χ0n) is 12.3. The van der Waals surface area contributed by atoms with Crippen molar-refractivity contribution in [2.75, 3.05) is 12.3 Å². The topological polar surface area (TPSA) is 48.1 Å². The molecule has 3 heteroatoms. The van der Waals surface area contributed by atoms with Gasteiger partial charge >= 0.3 is 0 Å². The molecular formula is C18H18N2O. The van der Waals surface area contributed by atoms with Gasteiger partial charge in [-0.05, 0) is 55.6 Å². The largest absolute Gasteiger partial charge is 0.494 e. The number of anilines is 1. The number of hydrogen-bond donors (Lipinski definition) is 1. The molecule has 0 aliphatic carbocycles. The van der Waals surface area contributed by atoms with E-state index in [1.54, 1.807) is 0 Å². The van der Waals surface area contributed by atoms with Gasteiger partial charge in [-0.1, -0.05) is 17.7 Å². The fourth-order valence-corrected chi connectivity index (χ4v) is 2.42. The molecular weight excluding hydrogens is 260 g/mol. The molecule has 2 aromatic carbocycles. The maximum absolute atomic E-state index is 6.11. The van der Waals surface area contributed by atoms with Crippen molar-refractivity contribution in [2.24, 2.45) is 0 Å². The van der Waals surface area contributed by atoms with E-state index in [1.807, 2.05) is 31.2 Å². The zero-order valence-corrected chi connectivity index (χ0v) is 12.3. The van der Waals surface area contributed by atoms with Crippen LogP contribution in [-0.4, -0.2) is 11.6 Å². The number of nitrogens with two attached hydrogens (primary N) is 1. The number of hydrogen-bond acceptors (Lipinski definition) is 3. The van der Waals surface area contributed by atoms with Gasteiger partial charge in [0.05, 0.1) is 12.3 Å². The molecule has 0 atom stereocenters. The number of nitrogens with zero attached hydrogens (tertiary/aromatic N) is 1. The highest BCUT2D eigenvalue weighted by atomic mass is 16.5. The number of pyridine rings is 1. The Morgan fingerprint density at radius 3 is 2.52 bits per heavy atom. The van der Waals surface area contributed by atoms with Gasteiger partial charge in [0.1, 0.15) is 11.6 Å². The van der Waals surface area contributed by atoms with Gasteiger partial charge in [-0.3, -0.25) is 0 Å². The maximum atomic E-state index is 6.11. The Hall–Kier alpha value is -2.55. The fraction of sp³-hybridized carbons (Fsp3) is 0.167. The summed E-state index contributed by atoms with van der Waals surface area (Å²) in [7, 11) is 0. The van der Waals surface area contributed by atoms with Crippen LogP contribution in [0.1, 0.15) is 12.5 Å². The van der Waals surface area contributed by atoms with E-state index in [1.165, 1.54) is 5.56 Å². The molecule has 0 saturated heterocycles. The lowest BCUT2D eigenvalue weighted by Crippen LogP contribution is -1.95. The molecule has 3 rings (SSSR count). The molecule has 0 bridgehead atoms. The minimum Gasteiger partial charge on any atom is -0.494 e. The van der Waals surface area contributed by atoms with E-state index in [0.717, 1.165) is 27.8 Å². The van der Waals surface area contributed by atoms with Crippen LogP contribution < -0.4 is 10.5 Å². The molecule has 3 aromatic rings. The number of ether oxygens (including phenoxy) is 1. The van der Waals surface area contributed by atoms with Gasteiger partial charge in [-0.15, -0.1) is 0 Å². The van der Waals surface area contributed by atoms with Crippen LogP contribution in [-0.2, 0) is 0 Å². The van der Waals surface area contributed by atoms with Crippen LogP contribution in [0.15, 0.2) is 48.5 Å². The Balaban J connectivity index is 2.06. The second-order valence-electron chi connectivity index (χ2n) is 5.07. The first kappa shape index (κ1) is 13.4. The Morgan fingerprint density at radius 2 is 1.81 bits per heavy atom. The van der Waals surface area contributed by atoms with E-state index in [2.05, 4.69) is 36.2 Å². The van der Waals surface area contributed by atoms with Gasteiger partial charge in [0, 0.05) is 10.9 Å². The molecule has 0 amide bonds. The Bertz CT molecular complexity index is 779. The monoisotopic (exact) mass is 278 g/mol. The first-order valence-electron chi connectivity index (χ1n) is 7.07. The molecule has 0 spiro atoms. The van der Waals surface area contributed by atoms with Crippen LogP contribution in [0, 0.1) is 6.92 Å². The van der Waals surface area contributed by atoms with Crippen LogP contribution in [0.2, 0.25) is 0 Å². The SMILES string of the molecule is CCOc1ccc(-c2cc3ccc(C)cc3c(N)n2)cc1. The van der Waals surface area contributed by atoms with Crippen molar-refractivity contribution in [3.63, 3.8) is 0 Å². The average molecular weight is 278 g/mol. The summed E-state index contributed by atoms with van der Waals surface area (Å²) in [5, 5.41) is 2.11. The quantitative estimate of drug-likeness (QED) is 0.781. The number of fused-ring (bicyclic) bond motifs is 1. The molecule has 0 aliphatic rings. The molecule has 0 aliphatic heterocycles. The summed E-state index contributed by atoms with van der Waals surface area (Å²) < 4.78 is 5.46. The minimum atomic E-state index is 0.570. The molecule has 0 fully saturated rings. The second kappa shape index (κ2) is 5.44. The van der Waals surface area contributed by atoms with Crippen LogP contribution in [0.5, 0.6) is 5.75 Å². The third-order valence-corrected chi connectivity index (χ3v) is 3.48. The van der Waals surface area contributed by atoms with E-state index in [0.29, 0.717) is 12.4 Å². The predicted octanol–water partition coefficient (Wildman–Crippen LogP) is 4.19. The van der Waals surface area contributed by atoms with Crippen molar-refractivity contribution in [3.05, 3.63) is 54.1 Å². The summed E-state index contributed by atoms with van der Waals surface area (Å²) in [6, 6.07) is 16.2. The van der Waals surface area contributed by atoms with Crippen molar-refractivity contribution in [1.29, 1.82) is 0 Å². The average Bonchev–Trinajstić information content (AvgIpc) is 2.49. The van der Waals surface area contributed by atoms with E-state index in [-0.39, 0.29) is 0 Å². The van der Waals surface area contributed by atoms with Crippen LogP contribution in [0.25, 0.3) is 22.0 Å². The predicted molar refractivity (Wildman–Crippen MR) is 87.5 cm³/mol. The summed E-state index contributed by atoms with van der Waals surface area (Å²) >= 11 is 0. The summed E-state index contributed by atoms with van der Waals surface area (Å²) in [4.78, 5) is 4.53. The number of benzene rings is 2. The Kier molecular flexibility index (Phi) is 3.48. The van der Waals surface area contributed by atoms with Crippen LogP contribution >= 0.6 is 0 Å². The molecule has 2 N–H and O–H groups in total. The first-order valence-corrected chi connectivity index (χ1v) is 7.07. The van der Waals surface area contributed by atoms with Crippen LogP contribution in [0.3, 0.4) is 0 Å². The highest BCUT2D eigenvalue weighted by Gasteiger charge is 2.06. The highest BCUT2D eigenvalue weighted by Crippen LogP contribution is 2.28. The molecule has 1 aromatic heterocycles. The summed E-state index contributed by atoms with van der Waals surface area (Å²) in [5.74, 6) is 1.44. The number of aryl methyl sites for hydroxylation is 1. The number of rotatable bonds is 3. The molecule has 0 radical (unpaired) electrons. The van der Waals surface area contributed by atoms with Crippen molar-refractivity contribution < 1.29 is 4.74 Å². The third kappa shape index (κ3) is 2.68.